The summed E-state index contributed by atoms with van der Waals surface area (Å²) in [5, 5.41) is 4.24. The van der Waals surface area contributed by atoms with Crippen LogP contribution in [0.1, 0.15) is 36.3 Å². The maximum Gasteiger partial charge on any atom is 0.0967 e. The van der Waals surface area contributed by atoms with Crippen LogP contribution >= 0.6 is 23.2 Å². The highest BCUT2D eigenvalue weighted by atomic mass is 35.5. The van der Waals surface area contributed by atoms with Gasteiger partial charge in [-0.15, -0.1) is 0 Å². The van der Waals surface area contributed by atoms with Crippen molar-refractivity contribution >= 4 is 23.2 Å². The van der Waals surface area contributed by atoms with E-state index in [1.54, 1.807) is 4.90 Å². The molecule has 0 unspecified atom stereocenters. The summed E-state index contributed by atoms with van der Waals surface area (Å²) in [4.78, 5) is 1.67. The molecular weight excluding hydrogens is 363 g/mol. The number of nitrogens with one attached hydrogen (secondary N) is 1. The Morgan fingerprint density at radius 3 is 2.42 bits per heavy atom. The van der Waals surface area contributed by atoms with Gasteiger partial charge < -0.3 is 10.2 Å². The molecule has 3 rings (SSSR count). The van der Waals surface area contributed by atoms with Crippen LogP contribution in [0.5, 0.6) is 0 Å². The van der Waals surface area contributed by atoms with Crippen molar-refractivity contribution in [1.82, 2.24) is 0 Å². The number of rotatable bonds is 7. The number of nitrogens with two attached hydrogens (primary N) is 1. The summed E-state index contributed by atoms with van der Waals surface area (Å²) in [5.41, 5.74) is 2.59. The van der Waals surface area contributed by atoms with Crippen LogP contribution < -0.4 is 10.2 Å². The molecule has 2 aromatic rings. The molecule has 1 saturated heterocycles. The summed E-state index contributed by atoms with van der Waals surface area (Å²) in [6, 6.07) is 17.3. The Bertz CT molecular complexity index is 679. The average molecular weight is 393 g/mol. The maximum atomic E-state index is 6.42. The first kappa shape index (κ1) is 19.7. The van der Waals surface area contributed by atoms with Crippen molar-refractivity contribution in [3.8, 4) is 0 Å². The molecule has 4 heteroatoms. The predicted molar refractivity (Wildman–Crippen MR) is 110 cm³/mol. The number of benzene rings is 2. The lowest BCUT2D eigenvalue weighted by molar-refractivity contribution is -0.894. The van der Waals surface area contributed by atoms with Gasteiger partial charge in [-0.3, -0.25) is 0 Å². The van der Waals surface area contributed by atoms with E-state index in [1.165, 1.54) is 43.6 Å². The number of quaternary nitrogens is 2. The maximum absolute atomic E-state index is 6.42. The Morgan fingerprint density at radius 1 is 1.04 bits per heavy atom. The van der Waals surface area contributed by atoms with Crippen molar-refractivity contribution < 1.29 is 10.2 Å². The highest BCUT2D eigenvalue weighted by Gasteiger charge is 2.22. The normalized spacial score (nSPS) is 21.5. The molecule has 0 bridgehead atoms. The van der Waals surface area contributed by atoms with Crippen LogP contribution in [0, 0.1) is 0 Å². The van der Waals surface area contributed by atoms with E-state index in [1.807, 2.05) is 24.3 Å². The molecule has 1 fully saturated rings. The Morgan fingerprint density at radius 2 is 1.73 bits per heavy atom. The highest BCUT2D eigenvalue weighted by molar-refractivity contribution is 6.31. The molecule has 1 aliphatic heterocycles. The standard InChI is InChI=1S/C22H28Cl2N2/c1-26-14-11-21(12-15-26)25-13-10-18(17-6-8-20(23)9-7-17)16-19-4-2-3-5-22(19)24/h2-9,18,21,25H,10-16H2,1H3/p+2/t18-/m0/s1. The summed E-state index contributed by atoms with van der Waals surface area (Å²) in [6.45, 7) is 3.78. The van der Waals surface area contributed by atoms with Crippen molar-refractivity contribution in [2.24, 2.45) is 0 Å². The lowest BCUT2D eigenvalue weighted by Gasteiger charge is -2.25. The van der Waals surface area contributed by atoms with Gasteiger partial charge in [-0.1, -0.05) is 53.5 Å². The zero-order valence-corrected chi connectivity index (χ0v) is 17.1. The third-order valence-corrected chi connectivity index (χ3v) is 6.29. The van der Waals surface area contributed by atoms with Crippen molar-refractivity contribution in [3.63, 3.8) is 0 Å². The SMILES string of the molecule is C[NH+]1CCC([NH2+]CC[C@@H](Cc2ccccc2Cl)c2ccc(Cl)cc2)CC1. The minimum absolute atomic E-state index is 0.473. The van der Waals surface area contributed by atoms with Gasteiger partial charge in [0, 0.05) is 29.3 Å². The lowest BCUT2D eigenvalue weighted by atomic mass is 9.89. The number of likely N-dealkylation sites (tertiary alicyclic amines) is 1. The number of hydrogen-bond acceptors (Lipinski definition) is 0. The quantitative estimate of drug-likeness (QED) is 0.722. The third kappa shape index (κ3) is 5.72. The van der Waals surface area contributed by atoms with Gasteiger partial charge in [-0.2, -0.15) is 0 Å². The van der Waals surface area contributed by atoms with Crippen LogP contribution in [-0.2, 0) is 6.42 Å². The van der Waals surface area contributed by atoms with Crippen LogP contribution in [0.15, 0.2) is 48.5 Å². The summed E-state index contributed by atoms with van der Waals surface area (Å²) in [5.74, 6) is 0.473. The van der Waals surface area contributed by atoms with Gasteiger partial charge in [0.25, 0.3) is 0 Å². The van der Waals surface area contributed by atoms with Crippen LogP contribution in [0.25, 0.3) is 0 Å². The minimum Gasteiger partial charge on any atom is -0.343 e. The molecule has 26 heavy (non-hydrogen) atoms. The number of hydrogen-bond donors (Lipinski definition) is 2. The van der Waals surface area contributed by atoms with Crippen LogP contribution in [-0.4, -0.2) is 32.7 Å². The lowest BCUT2D eigenvalue weighted by Crippen LogP contribution is -3.12. The molecule has 0 aromatic heterocycles. The Kier molecular flexibility index (Phi) is 7.39. The summed E-state index contributed by atoms with van der Waals surface area (Å²) in [6.07, 6.45) is 4.81. The Hall–Kier alpha value is -1.06. The van der Waals surface area contributed by atoms with Gasteiger partial charge in [-0.05, 0) is 41.7 Å². The molecule has 1 aliphatic rings. The van der Waals surface area contributed by atoms with Gasteiger partial charge in [0.2, 0.25) is 0 Å². The minimum atomic E-state index is 0.473. The molecule has 1 heterocycles. The van der Waals surface area contributed by atoms with E-state index < -0.39 is 0 Å². The second-order valence-corrected chi connectivity index (χ2v) is 8.50. The summed E-state index contributed by atoms with van der Waals surface area (Å²) >= 11 is 12.5. The largest absolute Gasteiger partial charge is 0.343 e. The molecule has 0 saturated carbocycles. The van der Waals surface area contributed by atoms with Crippen molar-refractivity contribution in [1.29, 1.82) is 0 Å². The topological polar surface area (TPSA) is 21.1 Å². The van der Waals surface area contributed by atoms with Crippen LogP contribution in [0.4, 0.5) is 0 Å². The molecule has 3 N–H and O–H groups in total. The fraction of sp³-hybridized carbons (Fsp3) is 0.455. The zero-order chi connectivity index (χ0) is 18.4. The van der Waals surface area contributed by atoms with E-state index in [-0.39, 0.29) is 0 Å². The van der Waals surface area contributed by atoms with E-state index in [4.69, 9.17) is 23.2 Å². The fourth-order valence-corrected chi connectivity index (χ4v) is 4.29. The van der Waals surface area contributed by atoms with E-state index in [0.717, 1.165) is 28.9 Å². The Balaban J connectivity index is 1.63. The number of halogens is 2. The second-order valence-electron chi connectivity index (χ2n) is 7.65. The molecule has 2 aromatic carbocycles. The molecule has 1 atom stereocenters. The molecular formula is C22H30Cl2N2+2. The second kappa shape index (κ2) is 9.75. The average Bonchev–Trinajstić information content (AvgIpc) is 2.65. The van der Waals surface area contributed by atoms with Gasteiger partial charge >= 0.3 is 0 Å². The first-order chi connectivity index (χ1) is 12.6. The smallest absolute Gasteiger partial charge is 0.0967 e. The first-order valence-corrected chi connectivity index (χ1v) is 10.5. The third-order valence-electron chi connectivity index (χ3n) is 5.66. The van der Waals surface area contributed by atoms with Gasteiger partial charge in [0.1, 0.15) is 0 Å². The Labute approximate surface area is 167 Å². The number of piperidine rings is 1. The van der Waals surface area contributed by atoms with E-state index in [9.17, 15) is 0 Å². The van der Waals surface area contributed by atoms with Gasteiger partial charge in [-0.25, -0.2) is 0 Å². The van der Waals surface area contributed by atoms with Crippen molar-refractivity contribution in [3.05, 3.63) is 69.7 Å². The monoisotopic (exact) mass is 392 g/mol. The van der Waals surface area contributed by atoms with Crippen LogP contribution in [0.2, 0.25) is 10.0 Å². The zero-order valence-electron chi connectivity index (χ0n) is 15.6. The van der Waals surface area contributed by atoms with E-state index in [2.05, 4.69) is 36.6 Å². The summed E-state index contributed by atoms with van der Waals surface area (Å²) < 4.78 is 0. The molecule has 0 radical (unpaired) electrons. The summed E-state index contributed by atoms with van der Waals surface area (Å²) in [7, 11) is 2.30. The van der Waals surface area contributed by atoms with Gasteiger partial charge in [0.05, 0.1) is 32.7 Å². The van der Waals surface area contributed by atoms with Crippen molar-refractivity contribution in [2.75, 3.05) is 26.7 Å². The fourth-order valence-electron chi connectivity index (χ4n) is 3.95. The van der Waals surface area contributed by atoms with Gasteiger partial charge in [0.15, 0.2) is 0 Å². The molecule has 2 nitrogen and oxygen atoms in total. The molecule has 140 valence electrons. The van der Waals surface area contributed by atoms with Crippen molar-refractivity contribution in [2.45, 2.75) is 37.6 Å². The van der Waals surface area contributed by atoms with E-state index in [0.29, 0.717) is 5.92 Å². The molecule has 0 aliphatic carbocycles. The van der Waals surface area contributed by atoms with E-state index >= 15 is 0 Å². The van der Waals surface area contributed by atoms with Crippen LogP contribution in [0.3, 0.4) is 0 Å². The first-order valence-electron chi connectivity index (χ1n) is 9.75. The highest BCUT2D eigenvalue weighted by Crippen LogP contribution is 2.28. The molecule has 0 spiro atoms. The predicted octanol–water partition coefficient (Wildman–Crippen LogP) is 2.95. The molecule has 0 amide bonds.